The van der Waals surface area contributed by atoms with Gasteiger partial charge in [-0.3, -0.25) is 0 Å². The van der Waals surface area contributed by atoms with E-state index in [0.29, 0.717) is 5.92 Å². The number of fused-ring (bicyclic) bond motifs is 9. The zero-order valence-corrected chi connectivity index (χ0v) is 25.4. The van der Waals surface area contributed by atoms with E-state index in [1.807, 2.05) is 22.7 Å². The van der Waals surface area contributed by atoms with E-state index in [1.54, 1.807) is 0 Å². The topological polar surface area (TPSA) is 0 Å². The van der Waals surface area contributed by atoms with Gasteiger partial charge in [-0.15, -0.1) is 22.7 Å². The highest BCUT2D eigenvalue weighted by molar-refractivity contribution is 7.20. The summed E-state index contributed by atoms with van der Waals surface area (Å²) in [6.45, 7) is 2.36. The normalized spacial score (nSPS) is 14.7. The van der Waals surface area contributed by atoms with Crippen LogP contribution in [0.5, 0.6) is 0 Å². The fourth-order valence-electron chi connectivity index (χ4n) is 6.98. The summed E-state index contributed by atoms with van der Waals surface area (Å²) in [6.07, 6.45) is 5.84. The van der Waals surface area contributed by atoms with Crippen LogP contribution in [-0.2, 0) is 0 Å². The van der Waals surface area contributed by atoms with Gasteiger partial charge < -0.3 is 0 Å². The van der Waals surface area contributed by atoms with Crippen molar-refractivity contribution in [2.45, 2.75) is 19.3 Å². The van der Waals surface area contributed by atoms with E-state index < -0.39 is 0 Å². The Balaban J connectivity index is 1.21. The summed E-state index contributed by atoms with van der Waals surface area (Å²) in [7, 11) is 0. The summed E-state index contributed by atoms with van der Waals surface area (Å²) in [5.74, 6) is 0.594. The lowest BCUT2D eigenvalue weighted by molar-refractivity contribution is 0.791. The first-order valence-electron chi connectivity index (χ1n) is 15.0. The van der Waals surface area contributed by atoms with Crippen LogP contribution in [0.3, 0.4) is 0 Å². The largest absolute Gasteiger partial charge is 0.139 e. The van der Waals surface area contributed by atoms with Crippen molar-refractivity contribution in [1.82, 2.24) is 0 Å². The summed E-state index contributed by atoms with van der Waals surface area (Å²) in [6, 6.07) is 45.1. The van der Waals surface area contributed by atoms with E-state index in [1.165, 1.54) is 84.9 Å². The van der Waals surface area contributed by atoms with Crippen molar-refractivity contribution in [2.24, 2.45) is 0 Å². The number of thiophene rings is 2. The summed E-state index contributed by atoms with van der Waals surface area (Å²) in [4.78, 5) is 4.18. The molecular formula is C41H28S2. The van der Waals surface area contributed by atoms with Crippen LogP contribution in [0, 0.1) is 0 Å². The Labute approximate surface area is 259 Å². The van der Waals surface area contributed by atoms with Crippen LogP contribution < -0.4 is 0 Å². The van der Waals surface area contributed by atoms with Gasteiger partial charge in [-0.05, 0) is 97.2 Å². The smallest absolute Gasteiger partial charge is 0.0358 e. The lowest BCUT2D eigenvalue weighted by atomic mass is 9.91. The second-order valence-corrected chi connectivity index (χ2v) is 13.9. The first-order valence-corrected chi connectivity index (χ1v) is 16.6. The molecular weight excluding hydrogens is 557 g/mol. The summed E-state index contributed by atoms with van der Waals surface area (Å²) >= 11 is 3.88. The summed E-state index contributed by atoms with van der Waals surface area (Å²) in [5, 5.41) is 9.28. The molecule has 0 saturated carbocycles. The molecule has 1 aliphatic rings. The van der Waals surface area contributed by atoms with Crippen LogP contribution in [0.25, 0.3) is 80.5 Å². The Morgan fingerprint density at radius 1 is 0.535 bits per heavy atom. The predicted molar refractivity (Wildman–Crippen MR) is 191 cm³/mol. The van der Waals surface area contributed by atoms with Crippen molar-refractivity contribution >= 4 is 71.2 Å². The minimum atomic E-state index is 0.594. The van der Waals surface area contributed by atoms with Gasteiger partial charge in [-0.25, -0.2) is 0 Å². The van der Waals surface area contributed by atoms with E-state index in [9.17, 15) is 0 Å². The molecule has 1 atom stereocenters. The number of rotatable bonds is 3. The van der Waals surface area contributed by atoms with Crippen LogP contribution in [0.4, 0.5) is 0 Å². The Bertz CT molecular complexity index is 2380. The molecule has 0 aliphatic heterocycles. The predicted octanol–water partition coefficient (Wildman–Crippen LogP) is 12.9. The zero-order valence-electron chi connectivity index (χ0n) is 23.8. The van der Waals surface area contributed by atoms with Gasteiger partial charge in [0.1, 0.15) is 0 Å². The van der Waals surface area contributed by atoms with Gasteiger partial charge in [0.2, 0.25) is 0 Å². The molecule has 2 heteroatoms. The summed E-state index contributed by atoms with van der Waals surface area (Å²) < 4.78 is 1.40. The first kappa shape index (κ1) is 25.0. The zero-order chi connectivity index (χ0) is 28.5. The molecule has 0 bridgehead atoms. The molecule has 43 heavy (non-hydrogen) atoms. The Morgan fingerprint density at radius 2 is 1.21 bits per heavy atom. The van der Waals surface area contributed by atoms with Crippen LogP contribution in [-0.4, -0.2) is 0 Å². The lowest BCUT2D eigenvalue weighted by Crippen LogP contribution is -1.94. The highest BCUT2D eigenvalue weighted by Gasteiger charge is 2.21. The third-order valence-corrected chi connectivity index (χ3v) is 11.7. The molecule has 6 aromatic carbocycles. The van der Waals surface area contributed by atoms with Crippen LogP contribution in [0.2, 0.25) is 0 Å². The van der Waals surface area contributed by atoms with Crippen LogP contribution in [0.15, 0.2) is 127 Å². The van der Waals surface area contributed by atoms with Gasteiger partial charge in [-0.1, -0.05) is 110 Å². The van der Waals surface area contributed by atoms with E-state index >= 15 is 0 Å². The maximum absolute atomic E-state index is 2.42. The van der Waals surface area contributed by atoms with Crippen LogP contribution in [0.1, 0.15) is 29.7 Å². The molecule has 0 N–H and O–H groups in total. The van der Waals surface area contributed by atoms with E-state index in [-0.39, 0.29) is 0 Å². The SMILES string of the molecule is CC1CC=Cc2c1sc1cccc(-c3ccc(-c4ccc5c6ccccc6c6cc(-c7ccccc7)ccc6c5c4)s3)c21. The molecule has 0 saturated heterocycles. The van der Waals surface area contributed by atoms with Gasteiger partial charge in [0.15, 0.2) is 0 Å². The van der Waals surface area contributed by atoms with Crippen LogP contribution >= 0.6 is 22.7 Å². The monoisotopic (exact) mass is 584 g/mol. The molecule has 1 unspecified atom stereocenters. The number of hydrogen-bond acceptors (Lipinski definition) is 2. The van der Waals surface area contributed by atoms with Crippen molar-refractivity contribution in [3.8, 4) is 32.0 Å². The van der Waals surface area contributed by atoms with Gasteiger partial charge >= 0.3 is 0 Å². The van der Waals surface area contributed by atoms with E-state index in [0.717, 1.165) is 6.42 Å². The van der Waals surface area contributed by atoms with Crippen molar-refractivity contribution < 1.29 is 0 Å². The van der Waals surface area contributed by atoms with Crippen molar-refractivity contribution in [3.63, 3.8) is 0 Å². The fraction of sp³-hybridized carbons (Fsp3) is 0.0732. The molecule has 0 spiro atoms. The molecule has 2 heterocycles. The minimum absolute atomic E-state index is 0.594. The first-order chi connectivity index (χ1) is 21.2. The number of benzene rings is 6. The highest BCUT2D eigenvalue weighted by atomic mass is 32.1. The molecule has 0 nitrogen and oxygen atoms in total. The van der Waals surface area contributed by atoms with E-state index in [2.05, 4.69) is 140 Å². The van der Waals surface area contributed by atoms with Gasteiger partial charge in [0.25, 0.3) is 0 Å². The van der Waals surface area contributed by atoms with Gasteiger partial charge in [0.05, 0.1) is 0 Å². The second kappa shape index (κ2) is 9.77. The molecule has 0 amide bonds. The Morgan fingerprint density at radius 3 is 2.05 bits per heavy atom. The van der Waals surface area contributed by atoms with Crippen molar-refractivity contribution in [1.29, 1.82) is 0 Å². The molecule has 8 aromatic rings. The quantitative estimate of drug-likeness (QED) is 0.181. The average Bonchev–Trinajstić information content (AvgIpc) is 3.71. The fourth-order valence-corrected chi connectivity index (χ4v) is 9.30. The Hall–Kier alpha value is -4.50. The third-order valence-electron chi connectivity index (χ3n) is 9.10. The minimum Gasteiger partial charge on any atom is -0.139 e. The molecule has 1 aliphatic carbocycles. The Kier molecular flexibility index (Phi) is 5.69. The maximum atomic E-state index is 2.42. The third kappa shape index (κ3) is 3.94. The highest BCUT2D eigenvalue weighted by Crippen LogP contribution is 2.47. The van der Waals surface area contributed by atoms with Crippen molar-refractivity contribution in [2.75, 3.05) is 0 Å². The van der Waals surface area contributed by atoms with Crippen molar-refractivity contribution in [3.05, 3.63) is 138 Å². The lowest BCUT2D eigenvalue weighted by Gasteiger charge is -2.13. The summed E-state index contributed by atoms with van der Waals surface area (Å²) in [5.41, 5.74) is 6.57. The van der Waals surface area contributed by atoms with Gasteiger partial charge in [-0.2, -0.15) is 0 Å². The maximum Gasteiger partial charge on any atom is 0.0358 e. The molecule has 9 rings (SSSR count). The molecule has 0 radical (unpaired) electrons. The molecule has 204 valence electrons. The molecule has 2 aromatic heterocycles. The molecule has 0 fully saturated rings. The standard InChI is InChI=1S/C41H28S2/c1-25-9-7-15-34-40-33(14-8-16-39(40)43-41(25)34)38-22-21-37(42-38)28-18-20-31-29-12-5-6-13-30(29)35-23-27(26-10-3-2-4-11-26)17-19-32(35)36(31)24-28/h2-8,10-25H,9H2,1H3. The number of hydrogen-bond donors (Lipinski definition) is 0. The number of allylic oxidation sites excluding steroid dienone is 1. The van der Waals surface area contributed by atoms with E-state index in [4.69, 9.17) is 0 Å². The average molecular weight is 585 g/mol. The second-order valence-electron chi connectivity index (χ2n) is 11.7. The van der Waals surface area contributed by atoms with Gasteiger partial charge in [0, 0.05) is 30.3 Å².